The van der Waals surface area contributed by atoms with Crippen LogP contribution >= 0.6 is 0 Å². The number of benzene rings is 1. The van der Waals surface area contributed by atoms with Crippen molar-refractivity contribution in [3.63, 3.8) is 0 Å². The Morgan fingerprint density at radius 2 is 1.86 bits per heavy atom. The Hall–Kier alpha value is -3.94. The first-order valence-electron chi connectivity index (χ1n) is 8.96. The molecule has 4 aromatic rings. The Bertz CT molecular complexity index is 1380. The van der Waals surface area contributed by atoms with Crippen LogP contribution in [0.4, 0.5) is 0 Å². The van der Waals surface area contributed by atoms with Crippen molar-refractivity contribution in [2.75, 3.05) is 0 Å². The number of aryl methyl sites for hydroxylation is 3. The van der Waals surface area contributed by atoms with Gasteiger partial charge in [-0.15, -0.1) is 0 Å². The van der Waals surface area contributed by atoms with Gasteiger partial charge >= 0.3 is 11.3 Å². The first kappa shape index (κ1) is 18.4. The molecule has 2 N–H and O–H groups in total. The van der Waals surface area contributed by atoms with Crippen LogP contribution in [0.3, 0.4) is 0 Å². The molecule has 0 atom stereocenters. The number of H-pyrrole nitrogens is 1. The Morgan fingerprint density at radius 1 is 1.10 bits per heavy atom. The average Bonchev–Trinajstić information content (AvgIpc) is 2.67. The van der Waals surface area contributed by atoms with Crippen LogP contribution in [0.5, 0.6) is 5.75 Å². The molecule has 0 aliphatic heterocycles. The predicted molar refractivity (Wildman–Crippen MR) is 107 cm³/mol. The lowest BCUT2D eigenvalue weighted by molar-refractivity contribution is 0.438. The van der Waals surface area contributed by atoms with Gasteiger partial charge in [-0.1, -0.05) is 30.3 Å². The third kappa shape index (κ3) is 3.47. The van der Waals surface area contributed by atoms with E-state index >= 15 is 0 Å². The molecule has 0 unspecified atom stereocenters. The molecule has 0 saturated carbocycles. The summed E-state index contributed by atoms with van der Waals surface area (Å²) in [6.45, 7) is 1.82. The van der Waals surface area contributed by atoms with Crippen molar-refractivity contribution in [3.05, 3.63) is 91.1 Å². The van der Waals surface area contributed by atoms with Gasteiger partial charge in [0.2, 0.25) is 0 Å². The second-order valence-corrected chi connectivity index (χ2v) is 6.62. The summed E-state index contributed by atoms with van der Waals surface area (Å²) < 4.78 is 6.39. The van der Waals surface area contributed by atoms with Crippen LogP contribution in [0.1, 0.15) is 11.3 Å². The third-order valence-electron chi connectivity index (χ3n) is 4.62. The zero-order chi connectivity index (χ0) is 20.5. The van der Waals surface area contributed by atoms with Gasteiger partial charge in [-0.25, -0.2) is 14.6 Å². The lowest BCUT2D eigenvalue weighted by Crippen LogP contribution is -2.31. The molecule has 0 aliphatic rings. The van der Waals surface area contributed by atoms with Crippen LogP contribution in [0, 0.1) is 6.92 Å². The van der Waals surface area contributed by atoms with Crippen molar-refractivity contribution in [2.45, 2.75) is 19.9 Å². The Labute approximate surface area is 163 Å². The number of fused-ring (bicyclic) bond motifs is 1. The Balaban J connectivity index is 1.88. The van der Waals surface area contributed by atoms with Gasteiger partial charge in [0.15, 0.2) is 0 Å². The second-order valence-electron chi connectivity index (χ2n) is 6.62. The minimum atomic E-state index is -0.752. The molecule has 0 radical (unpaired) electrons. The van der Waals surface area contributed by atoms with E-state index in [4.69, 9.17) is 4.42 Å². The summed E-state index contributed by atoms with van der Waals surface area (Å²) in [5.74, 6) is -0.0260. The largest absolute Gasteiger partial charge is 0.507 e. The summed E-state index contributed by atoms with van der Waals surface area (Å²) in [5.41, 5.74) is -0.777. The maximum absolute atomic E-state index is 12.4. The molecule has 0 spiro atoms. The average molecular weight is 391 g/mol. The predicted octanol–water partition coefficient (Wildman–Crippen LogP) is 1.96. The van der Waals surface area contributed by atoms with Crippen molar-refractivity contribution in [3.8, 4) is 17.0 Å². The van der Waals surface area contributed by atoms with Gasteiger partial charge in [-0.05, 0) is 31.0 Å². The van der Waals surface area contributed by atoms with Crippen LogP contribution in [0.25, 0.3) is 22.3 Å². The highest BCUT2D eigenvalue weighted by atomic mass is 16.4. The molecule has 8 nitrogen and oxygen atoms in total. The van der Waals surface area contributed by atoms with Gasteiger partial charge in [0.1, 0.15) is 22.7 Å². The van der Waals surface area contributed by atoms with Gasteiger partial charge in [0.25, 0.3) is 5.56 Å². The van der Waals surface area contributed by atoms with Gasteiger partial charge in [-0.3, -0.25) is 14.3 Å². The molecular weight excluding hydrogens is 374 g/mol. The van der Waals surface area contributed by atoms with E-state index in [1.54, 1.807) is 6.92 Å². The zero-order valence-electron chi connectivity index (χ0n) is 15.5. The van der Waals surface area contributed by atoms with E-state index in [0.29, 0.717) is 6.42 Å². The number of aromatic amines is 1. The van der Waals surface area contributed by atoms with Crippen molar-refractivity contribution in [1.29, 1.82) is 0 Å². The summed E-state index contributed by atoms with van der Waals surface area (Å²) in [6.07, 6.45) is 0.547. The molecule has 146 valence electrons. The van der Waals surface area contributed by atoms with Crippen molar-refractivity contribution >= 4 is 11.0 Å². The van der Waals surface area contributed by atoms with Crippen LogP contribution in [-0.2, 0) is 13.0 Å². The second kappa shape index (κ2) is 7.23. The van der Waals surface area contributed by atoms with E-state index in [9.17, 15) is 19.5 Å². The van der Waals surface area contributed by atoms with E-state index < -0.39 is 16.9 Å². The van der Waals surface area contributed by atoms with Crippen molar-refractivity contribution in [2.24, 2.45) is 0 Å². The quantitative estimate of drug-likeness (QED) is 0.549. The van der Waals surface area contributed by atoms with Crippen molar-refractivity contribution in [1.82, 2.24) is 14.5 Å². The molecule has 0 amide bonds. The van der Waals surface area contributed by atoms with Crippen LogP contribution in [0.15, 0.2) is 67.3 Å². The Morgan fingerprint density at radius 3 is 2.59 bits per heavy atom. The fraction of sp³-hybridized carbons (Fsp3) is 0.143. The van der Waals surface area contributed by atoms with E-state index in [0.717, 1.165) is 5.56 Å². The molecular formula is C21H17N3O5. The van der Waals surface area contributed by atoms with Crippen molar-refractivity contribution < 1.29 is 9.52 Å². The first-order valence-corrected chi connectivity index (χ1v) is 8.96. The highest BCUT2D eigenvalue weighted by Crippen LogP contribution is 2.25. The van der Waals surface area contributed by atoms with Crippen LogP contribution < -0.4 is 16.9 Å². The van der Waals surface area contributed by atoms with Gasteiger partial charge in [0.05, 0.1) is 11.1 Å². The molecule has 1 aromatic carbocycles. The molecule has 0 bridgehead atoms. The van der Waals surface area contributed by atoms with E-state index in [1.165, 1.54) is 22.8 Å². The first-order chi connectivity index (χ1) is 13.9. The highest BCUT2D eigenvalue weighted by molar-refractivity contribution is 5.78. The molecule has 3 aromatic heterocycles. The molecule has 0 aliphatic carbocycles. The summed E-state index contributed by atoms with van der Waals surface area (Å²) in [7, 11) is 0. The standard InChI is InChI=1S/C21H17N3O5/c1-12-11-16(25)17(20(27)29-12)15-8-7-14-18(22-15)24(21(28)23-19(14)26)10-9-13-5-3-2-4-6-13/h2-8,11,25H,9-10H2,1H3,(H,23,26,28). The number of hydrogen-bond donors (Lipinski definition) is 2. The molecule has 3 heterocycles. The number of nitrogens with zero attached hydrogens (tertiary/aromatic N) is 2. The minimum absolute atomic E-state index is 0.113. The molecule has 29 heavy (non-hydrogen) atoms. The maximum atomic E-state index is 12.4. The fourth-order valence-electron chi connectivity index (χ4n) is 3.22. The third-order valence-corrected chi connectivity index (χ3v) is 4.62. The van der Waals surface area contributed by atoms with Crippen LogP contribution in [0.2, 0.25) is 0 Å². The Kier molecular flexibility index (Phi) is 4.59. The highest BCUT2D eigenvalue weighted by Gasteiger charge is 2.17. The number of rotatable bonds is 4. The van der Waals surface area contributed by atoms with E-state index in [1.807, 2.05) is 30.3 Å². The lowest BCUT2D eigenvalue weighted by Gasteiger charge is -2.10. The number of pyridine rings is 1. The van der Waals surface area contributed by atoms with Gasteiger partial charge in [-0.2, -0.15) is 0 Å². The van der Waals surface area contributed by atoms with Crippen LogP contribution in [-0.4, -0.2) is 19.6 Å². The molecule has 0 saturated heterocycles. The molecule has 0 fully saturated rings. The summed E-state index contributed by atoms with van der Waals surface area (Å²) in [5, 5.41) is 10.4. The van der Waals surface area contributed by atoms with E-state index in [-0.39, 0.29) is 40.3 Å². The van der Waals surface area contributed by atoms with Gasteiger partial charge < -0.3 is 9.52 Å². The summed E-state index contributed by atoms with van der Waals surface area (Å²) >= 11 is 0. The number of hydrogen-bond acceptors (Lipinski definition) is 6. The SMILES string of the molecule is Cc1cc(O)c(-c2ccc3c(=O)[nH]c(=O)n(CCc4ccccc4)c3n2)c(=O)o1. The lowest BCUT2D eigenvalue weighted by atomic mass is 10.1. The minimum Gasteiger partial charge on any atom is -0.507 e. The normalized spacial score (nSPS) is 11.1. The monoisotopic (exact) mass is 391 g/mol. The summed E-state index contributed by atoms with van der Waals surface area (Å²) in [6, 6.07) is 13.8. The summed E-state index contributed by atoms with van der Waals surface area (Å²) in [4.78, 5) is 43.5. The molecule has 4 rings (SSSR count). The number of aromatic nitrogens is 3. The van der Waals surface area contributed by atoms with E-state index in [2.05, 4.69) is 9.97 Å². The molecule has 8 heteroatoms. The van der Waals surface area contributed by atoms with Gasteiger partial charge in [0, 0.05) is 12.6 Å². The number of aromatic hydroxyl groups is 1. The fourth-order valence-corrected chi connectivity index (χ4v) is 3.22. The smallest absolute Gasteiger partial charge is 0.349 e. The zero-order valence-corrected chi connectivity index (χ0v) is 15.5. The maximum Gasteiger partial charge on any atom is 0.349 e. The topological polar surface area (TPSA) is 118 Å². The number of nitrogens with one attached hydrogen (secondary N) is 1.